The summed E-state index contributed by atoms with van der Waals surface area (Å²) in [6.07, 6.45) is 3.20. The molecule has 2 rings (SSSR count). The number of thiophene rings is 1. The molecule has 0 unspecified atom stereocenters. The third kappa shape index (κ3) is 6.79. The predicted octanol–water partition coefficient (Wildman–Crippen LogP) is 5.09. The van der Waals surface area contributed by atoms with E-state index in [1.165, 1.54) is 0 Å². The van der Waals surface area contributed by atoms with Crippen LogP contribution in [0, 0.1) is 0 Å². The molecule has 1 aromatic carbocycles. The van der Waals surface area contributed by atoms with Gasteiger partial charge in [0.15, 0.2) is 0 Å². The fourth-order valence-corrected chi connectivity index (χ4v) is 3.77. The number of hydrogen-bond donors (Lipinski definition) is 0. The van der Waals surface area contributed by atoms with Crippen LogP contribution in [0.4, 0.5) is 0 Å². The van der Waals surface area contributed by atoms with E-state index in [4.69, 9.17) is 0 Å². The summed E-state index contributed by atoms with van der Waals surface area (Å²) in [5, 5.41) is 2.03. The van der Waals surface area contributed by atoms with Crippen LogP contribution in [-0.4, -0.2) is 34.2 Å². The average molecular weight is 401 g/mol. The molecule has 0 aliphatic heterocycles. The van der Waals surface area contributed by atoms with E-state index in [0.717, 1.165) is 29.7 Å². The van der Waals surface area contributed by atoms with Gasteiger partial charge < -0.3 is 9.80 Å². The summed E-state index contributed by atoms with van der Waals surface area (Å²) in [5.74, 6) is 0.0859. The zero-order chi connectivity index (χ0) is 20.4. The van der Waals surface area contributed by atoms with Gasteiger partial charge in [0, 0.05) is 23.9 Å². The van der Waals surface area contributed by atoms with Crippen molar-refractivity contribution in [3.63, 3.8) is 0 Å². The van der Waals surface area contributed by atoms with Gasteiger partial charge in [0.2, 0.25) is 11.8 Å². The standard InChI is InChI=1S/C23H32N2O2S/c1-4-6-14-22(26)25(19(3)5-2)18-23(27)24(17-21-13-10-15-28-21)16-20-11-8-7-9-12-20/h7-13,15,19H,4-6,14,16-18H2,1-3H3/t19-/m0/s1. The molecule has 0 aliphatic carbocycles. The van der Waals surface area contributed by atoms with Crippen molar-refractivity contribution in [3.05, 3.63) is 58.3 Å². The van der Waals surface area contributed by atoms with E-state index in [2.05, 4.69) is 19.9 Å². The van der Waals surface area contributed by atoms with Gasteiger partial charge >= 0.3 is 0 Å². The molecule has 28 heavy (non-hydrogen) atoms. The van der Waals surface area contributed by atoms with Crippen LogP contribution < -0.4 is 0 Å². The highest BCUT2D eigenvalue weighted by atomic mass is 32.1. The molecule has 5 heteroatoms. The molecule has 0 fully saturated rings. The summed E-state index contributed by atoms with van der Waals surface area (Å²) >= 11 is 1.65. The lowest BCUT2D eigenvalue weighted by molar-refractivity contribution is -0.143. The molecule has 1 heterocycles. The van der Waals surface area contributed by atoms with Gasteiger partial charge in [0.1, 0.15) is 6.54 Å². The van der Waals surface area contributed by atoms with E-state index in [1.54, 1.807) is 16.2 Å². The minimum atomic E-state index is 0.00222. The van der Waals surface area contributed by atoms with Crippen molar-refractivity contribution in [2.45, 2.75) is 65.6 Å². The monoisotopic (exact) mass is 400 g/mol. The van der Waals surface area contributed by atoms with Crippen molar-refractivity contribution in [3.8, 4) is 0 Å². The van der Waals surface area contributed by atoms with Crippen LogP contribution in [0.15, 0.2) is 47.8 Å². The molecule has 0 spiro atoms. The minimum absolute atomic E-state index is 0.00222. The molecular formula is C23H32N2O2S. The average Bonchev–Trinajstić information content (AvgIpc) is 3.23. The van der Waals surface area contributed by atoms with Crippen molar-refractivity contribution in [1.82, 2.24) is 9.80 Å². The van der Waals surface area contributed by atoms with Gasteiger partial charge in [-0.3, -0.25) is 9.59 Å². The van der Waals surface area contributed by atoms with Crippen molar-refractivity contribution >= 4 is 23.2 Å². The van der Waals surface area contributed by atoms with E-state index < -0.39 is 0 Å². The second-order valence-corrected chi connectivity index (χ2v) is 8.23. The number of unbranched alkanes of at least 4 members (excludes halogenated alkanes) is 1. The molecule has 0 bridgehead atoms. The highest BCUT2D eigenvalue weighted by Gasteiger charge is 2.24. The summed E-state index contributed by atoms with van der Waals surface area (Å²) in [6, 6.07) is 14.1. The van der Waals surface area contributed by atoms with Gasteiger partial charge in [-0.2, -0.15) is 0 Å². The molecule has 4 nitrogen and oxygen atoms in total. The molecular weight excluding hydrogens is 368 g/mol. The lowest BCUT2D eigenvalue weighted by Gasteiger charge is -2.31. The van der Waals surface area contributed by atoms with Crippen LogP contribution in [0.25, 0.3) is 0 Å². The normalized spacial score (nSPS) is 11.8. The van der Waals surface area contributed by atoms with Crippen LogP contribution in [0.1, 0.15) is 56.9 Å². The lowest BCUT2D eigenvalue weighted by atomic mass is 10.1. The molecule has 0 saturated carbocycles. The van der Waals surface area contributed by atoms with Gasteiger partial charge in [-0.05, 0) is 36.8 Å². The smallest absolute Gasteiger partial charge is 0.242 e. The molecule has 1 aromatic heterocycles. The first-order valence-electron chi connectivity index (χ1n) is 10.2. The van der Waals surface area contributed by atoms with Crippen LogP contribution in [-0.2, 0) is 22.7 Å². The third-order valence-corrected chi connectivity index (χ3v) is 5.85. The van der Waals surface area contributed by atoms with Gasteiger partial charge in [0.05, 0.1) is 6.54 Å². The Kier molecular flexibility index (Phi) is 9.21. The Morgan fingerprint density at radius 1 is 1.00 bits per heavy atom. The van der Waals surface area contributed by atoms with E-state index in [9.17, 15) is 9.59 Å². The summed E-state index contributed by atoms with van der Waals surface area (Å²) in [5.41, 5.74) is 1.10. The maximum Gasteiger partial charge on any atom is 0.242 e. The Labute approximate surface area is 173 Å². The Morgan fingerprint density at radius 2 is 1.75 bits per heavy atom. The number of hydrogen-bond acceptors (Lipinski definition) is 3. The Balaban J connectivity index is 2.14. The molecule has 0 N–H and O–H groups in total. The van der Waals surface area contributed by atoms with Crippen molar-refractivity contribution in [1.29, 1.82) is 0 Å². The summed E-state index contributed by atoms with van der Waals surface area (Å²) in [4.78, 5) is 30.7. The Morgan fingerprint density at radius 3 is 2.36 bits per heavy atom. The van der Waals surface area contributed by atoms with E-state index in [-0.39, 0.29) is 24.4 Å². The second kappa shape index (κ2) is 11.6. The van der Waals surface area contributed by atoms with Crippen molar-refractivity contribution in [2.75, 3.05) is 6.54 Å². The van der Waals surface area contributed by atoms with Gasteiger partial charge in [-0.25, -0.2) is 0 Å². The van der Waals surface area contributed by atoms with Gasteiger partial charge in [-0.1, -0.05) is 56.7 Å². The number of rotatable bonds is 11. The summed E-state index contributed by atoms with van der Waals surface area (Å²) in [7, 11) is 0. The number of carbonyl (C=O) groups excluding carboxylic acids is 2. The van der Waals surface area contributed by atoms with Crippen LogP contribution >= 0.6 is 11.3 Å². The molecule has 1 atom stereocenters. The molecule has 0 radical (unpaired) electrons. The lowest BCUT2D eigenvalue weighted by Crippen LogP contribution is -2.46. The van der Waals surface area contributed by atoms with Gasteiger partial charge in [-0.15, -0.1) is 11.3 Å². The first-order chi connectivity index (χ1) is 13.5. The zero-order valence-electron chi connectivity index (χ0n) is 17.3. The van der Waals surface area contributed by atoms with Crippen LogP contribution in [0.2, 0.25) is 0 Å². The fourth-order valence-electron chi connectivity index (χ4n) is 3.05. The van der Waals surface area contributed by atoms with Crippen LogP contribution in [0.3, 0.4) is 0 Å². The second-order valence-electron chi connectivity index (χ2n) is 7.20. The third-order valence-electron chi connectivity index (χ3n) is 4.99. The van der Waals surface area contributed by atoms with E-state index in [0.29, 0.717) is 19.5 Å². The number of amides is 2. The Bertz CT molecular complexity index is 715. The quantitative estimate of drug-likeness (QED) is 0.527. The predicted molar refractivity (Wildman–Crippen MR) is 116 cm³/mol. The highest BCUT2D eigenvalue weighted by molar-refractivity contribution is 7.09. The van der Waals surface area contributed by atoms with Gasteiger partial charge in [0.25, 0.3) is 0 Å². The molecule has 2 amide bonds. The SMILES string of the molecule is CCCCC(=O)N(CC(=O)N(Cc1ccccc1)Cc1cccs1)[C@@H](C)CC. The van der Waals surface area contributed by atoms with Crippen molar-refractivity contribution < 1.29 is 9.59 Å². The maximum absolute atomic E-state index is 13.2. The largest absolute Gasteiger partial charge is 0.332 e. The molecule has 0 aliphatic rings. The zero-order valence-corrected chi connectivity index (χ0v) is 18.1. The first kappa shape index (κ1) is 22.2. The maximum atomic E-state index is 13.2. The molecule has 0 saturated heterocycles. The minimum Gasteiger partial charge on any atom is -0.332 e. The number of nitrogens with zero attached hydrogens (tertiary/aromatic N) is 2. The fraction of sp³-hybridized carbons (Fsp3) is 0.478. The highest BCUT2D eigenvalue weighted by Crippen LogP contribution is 2.16. The first-order valence-corrected chi connectivity index (χ1v) is 11.1. The molecule has 2 aromatic rings. The molecule has 152 valence electrons. The van der Waals surface area contributed by atoms with E-state index >= 15 is 0 Å². The van der Waals surface area contributed by atoms with Crippen LogP contribution in [0.5, 0.6) is 0 Å². The van der Waals surface area contributed by atoms with E-state index in [1.807, 2.05) is 53.6 Å². The topological polar surface area (TPSA) is 40.6 Å². The summed E-state index contributed by atoms with van der Waals surface area (Å²) in [6.45, 7) is 7.43. The van der Waals surface area contributed by atoms with Crippen molar-refractivity contribution in [2.24, 2.45) is 0 Å². The number of carbonyl (C=O) groups is 2. The Hall–Kier alpha value is -2.14. The number of benzene rings is 1. The summed E-state index contributed by atoms with van der Waals surface area (Å²) < 4.78 is 0.